The lowest BCUT2D eigenvalue weighted by Crippen LogP contribution is -2.50. The van der Waals surface area contributed by atoms with E-state index in [1.807, 2.05) is 13.0 Å². The highest BCUT2D eigenvalue weighted by molar-refractivity contribution is 7.91. The molecule has 1 fully saturated rings. The van der Waals surface area contributed by atoms with Crippen LogP contribution in [0, 0.1) is 0 Å². The van der Waals surface area contributed by atoms with Crippen LogP contribution in [0.5, 0.6) is 0 Å². The van der Waals surface area contributed by atoms with E-state index in [-0.39, 0.29) is 5.91 Å². The van der Waals surface area contributed by atoms with Gasteiger partial charge in [0.05, 0.1) is 0 Å². The van der Waals surface area contributed by atoms with Gasteiger partial charge in [-0.15, -0.1) is 11.3 Å². The molecule has 0 aliphatic carbocycles. The molecule has 5 nitrogen and oxygen atoms in total. The minimum Gasteiger partial charge on any atom is -0.340 e. The summed E-state index contributed by atoms with van der Waals surface area (Å²) < 4.78 is 27.1. The van der Waals surface area contributed by atoms with Gasteiger partial charge < -0.3 is 4.90 Å². The van der Waals surface area contributed by atoms with E-state index >= 15 is 0 Å². The highest BCUT2D eigenvalue weighted by Crippen LogP contribution is 2.26. The van der Waals surface area contributed by atoms with Crippen LogP contribution in [0.25, 0.3) is 0 Å². The summed E-state index contributed by atoms with van der Waals surface area (Å²) in [5.41, 5.74) is 0. The van der Waals surface area contributed by atoms with Crippen LogP contribution >= 0.6 is 11.3 Å². The van der Waals surface area contributed by atoms with Crippen LogP contribution < -0.4 is 0 Å². The van der Waals surface area contributed by atoms with Crippen LogP contribution in [0.1, 0.15) is 38.0 Å². The molecule has 124 valence electrons. The van der Waals surface area contributed by atoms with E-state index in [2.05, 4.69) is 6.92 Å². The SMILES string of the molecule is CCCCC(=O)N1CCN(S(=O)(=O)c2ccc(CC)s2)CC1. The van der Waals surface area contributed by atoms with E-state index in [9.17, 15) is 13.2 Å². The molecule has 1 aliphatic heterocycles. The zero-order valence-corrected chi connectivity index (χ0v) is 14.9. The monoisotopic (exact) mass is 344 g/mol. The molecule has 2 rings (SSSR count). The number of hydrogen-bond donors (Lipinski definition) is 0. The molecule has 0 atom stereocenters. The quantitative estimate of drug-likeness (QED) is 0.796. The standard InChI is InChI=1S/C15H24N2O3S2/c1-3-5-6-14(18)16-9-11-17(12-10-16)22(19,20)15-8-7-13(4-2)21-15/h7-8H,3-6,9-12H2,1-2H3. The Morgan fingerprint density at radius 2 is 1.86 bits per heavy atom. The number of hydrogen-bond acceptors (Lipinski definition) is 4. The summed E-state index contributed by atoms with van der Waals surface area (Å²) in [6.07, 6.45) is 3.30. The second-order valence-electron chi connectivity index (χ2n) is 5.46. The number of thiophene rings is 1. The van der Waals surface area contributed by atoms with Crippen molar-refractivity contribution in [2.24, 2.45) is 0 Å². The molecule has 2 heterocycles. The normalized spacial score (nSPS) is 16.9. The Balaban J connectivity index is 1.97. The molecule has 7 heteroatoms. The largest absolute Gasteiger partial charge is 0.340 e. The minimum atomic E-state index is -3.40. The molecular formula is C15H24N2O3S2. The summed E-state index contributed by atoms with van der Waals surface area (Å²) in [4.78, 5) is 14.8. The van der Waals surface area contributed by atoms with Gasteiger partial charge in [-0.05, 0) is 25.0 Å². The molecule has 1 aromatic heterocycles. The molecule has 0 bridgehead atoms. The Bertz CT molecular complexity index is 602. The summed E-state index contributed by atoms with van der Waals surface area (Å²) >= 11 is 1.34. The summed E-state index contributed by atoms with van der Waals surface area (Å²) in [5, 5.41) is 0. The maximum Gasteiger partial charge on any atom is 0.252 e. The third kappa shape index (κ3) is 3.88. The Morgan fingerprint density at radius 3 is 2.41 bits per heavy atom. The van der Waals surface area contributed by atoms with Crippen molar-refractivity contribution < 1.29 is 13.2 Å². The van der Waals surface area contributed by atoms with Crippen LogP contribution in [0.15, 0.2) is 16.3 Å². The number of aryl methyl sites for hydroxylation is 1. The maximum atomic E-state index is 12.6. The van der Waals surface area contributed by atoms with Gasteiger partial charge in [0.2, 0.25) is 5.91 Å². The van der Waals surface area contributed by atoms with Gasteiger partial charge in [-0.3, -0.25) is 4.79 Å². The molecule has 1 aromatic rings. The van der Waals surface area contributed by atoms with Crippen LogP contribution in [-0.4, -0.2) is 49.7 Å². The lowest BCUT2D eigenvalue weighted by molar-refractivity contribution is -0.132. The van der Waals surface area contributed by atoms with Crippen molar-refractivity contribution in [3.8, 4) is 0 Å². The smallest absolute Gasteiger partial charge is 0.252 e. The van der Waals surface area contributed by atoms with Crippen molar-refractivity contribution >= 4 is 27.3 Å². The van der Waals surface area contributed by atoms with Gasteiger partial charge in [-0.25, -0.2) is 8.42 Å². The molecule has 1 aliphatic rings. The second kappa shape index (κ2) is 7.57. The molecule has 0 radical (unpaired) electrons. The summed E-state index contributed by atoms with van der Waals surface area (Å²) in [6, 6.07) is 3.57. The average Bonchev–Trinajstić information content (AvgIpc) is 3.02. The number of piperazine rings is 1. The Hall–Kier alpha value is -0.920. The second-order valence-corrected chi connectivity index (χ2v) is 8.80. The van der Waals surface area contributed by atoms with E-state index in [4.69, 9.17) is 0 Å². The third-order valence-electron chi connectivity index (χ3n) is 3.92. The van der Waals surface area contributed by atoms with Gasteiger partial charge in [-0.2, -0.15) is 4.31 Å². The van der Waals surface area contributed by atoms with E-state index in [1.165, 1.54) is 15.6 Å². The lowest BCUT2D eigenvalue weighted by Gasteiger charge is -2.33. The average molecular weight is 345 g/mol. The zero-order chi connectivity index (χ0) is 16.2. The van der Waals surface area contributed by atoms with Crippen LogP contribution in [0.4, 0.5) is 0 Å². The van der Waals surface area contributed by atoms with Gasteiger partial charge in [0.15, 0.2) is 0 Å². The summed E-state index contributed by atoms with van der Waals surface area (Å²) in [6.45, 7) is 5.84. The van der Waals surface area contributed by atoms with Crippen molar-refractivity contribution in [1.82, 2.24) is 9.21 Å². The molecule has 0 spiro atoms. The van der Waals surface area contributed by atoms with Crippen LogP contribution in [0.2, 0.25) is 0 Å². The lowest BCUT2D eigenvalue weighted by atomic mass is 10.2. The number of unbranched alkanes of at least 4 members (excludes halogenated alkanes) is 1. The minimum absolute atomic E-state index is 0.142. The predicted octanol–water partition coefficient (Wildman–Crippen LogP) is 2.33. The molecule has 0 unspecified atom stereocenters. The third-order valence-corrected chi connectivity index (χ3v) is 7.51. The van der Waals surface area contributed by atoms with Crippen molar-refractivity contribution in [3.05, 3.63) is 17.0 Å². The molecule has 22 heavy (non-hydrogen) atoms. The van der Waals surface area contributed by atoms with Crippen molar-refractivity contribution in [2.75, 3.05) is 26.2 Å². The molecule has 0 saturated carbocycles. The van der Waals surface area contributed by atoms with Crippen LogP contribution in [0.3, 0.4) is 0 Å². The highest BCUT2D eigenvalue weighted by Gasteiger charge is 2.30. The fourth-order valence-electron chi connectivity index (χ4n) is 2.48. The number of amides is 1. The fourth-order valence-corrected chi connectivity index (χ4v) is 5.35. The highest BCUT2D eigenvalue weighted by atomic mass is 32.2. The van der Waals surface area contributed by atoms with E-state index < -0.39 is 10.0 Å². The van der Waals surface area contributed by atoms with Gasteiger partial charge in [0, 0.05) is 37.5 Å². The van der Waals surface area contributed by atoms with E-state index in [0.717, 1.165) is 24.1 Å². The topological polar surface area (TPSA) is 57.7 Å². The first-order chi connectivity index (χ1) is 10.5. The van der Waals surface area contributed by atoms with Gasteiger partial charge in [0.1, 0.15) is 4.21 Å². The van der Waals surface area contributed by atoms with Crippen LogP contribution in [-0.2, 0) is 21.2 Å². The van der Waals surface area contributed by atoms with E-state index in [0.29, 0.717) is 36.8 Å². The Kier molecular flexibility index (Phi) is 6.00. The number of carbonyl (C=O) groups excluding carboxylic acids is 1. The fraction of sp³-hybridized carbons (Fsp3) is 0.667. The van der Waals surface area contributed by atoms with Gasteiger partial charge in [-0.1, -0.05) is 20.3 Å². The van der Waals surface area contributed by atoms with Crippen molar-refractivity contribution in [3.63, 3.8) is 0 Å². The zero-order valence-electron chi connectivity index (χ0n) is 13.2. The number of nitrogens with zero attached hydrogens (tertiary/aromatic N) is 2. The van der Waals surface area contributed by atoms with E-state index in [1.54, 1.807) is 11.0 Å². The molecule has 1 saturated heterocycles. The molecule has 0 N–H and O–H groups in total. The first-order valence-corrected chi connectivity index (χ1v) is 10.1. The molecule has 1 amide bonds. The first kappa shape index (κ1) is 17.4. The first-order valence-electron chi connectivity index (χ1n) is 7.85. The number of carbonyl (C=O) groups is 1. The van der Waals surface area contributed by atoms with Crippen molar-refractivity contribution in [2.45, 2.75) is 43.7 Å². The predicted molar refractivity (Wildman–Crippen MR) is 88.6 cm³/mol. The summed E-state index contributed by atoms with van der Waals surface area (Å²) in [7, 11) is -3.40. The number of sulfonamides is 1. The van der Waals surface area contributed by atoms with Gasteiger partial charge >= 0.3 is 0 Å². The maximum absolute atomic E-state index is 12.6. The van der Waals surface area contributed by atoms with Crippen molar-refractivity contribution in [1.29, 1.82) is 0 Å². The Morgan fingerprint density at radius 1 is 1.18 bits per heavy atom. The molecular weight excluding hydrogens is 320 g/mol. The summed E-state index contributed by atoms with van der Waals surface area (Å²) in [5.74, 6) is 0.142. The number of rotatable bonds is 6. The van der Waals surface area contributed by atoms with Gasteiger partial charge in [0.25, 0.3) is 10.0 Å². The molecule has 0 aromatic carbocycles. The Labute approximate surface area is 137 Å².